The van der Waals surface area contributed by atoms with Gasteiger partial charge in [0.1, 0.15) is 17.3 Å². The predicted octanol–water partition coefficient (Wildman–Crippen LogP) is 2.90. The van der Waals surface area contributed by atoms with Crippen molar-refractivity contribution in [2.75, 3.05) is 11.9 Å². The molecule has 2 N–H and O–H groups in total. The Morgan fingerprint density at radius 2 is 2.11 bits per heavy atom. The van der Waals surface area contributed by atoms with Crippen molar-refractivity contribution in [2.45, 2.75) is 46.1 Å². The molecule has 1 rings (SSSR count). The van der Waals surface area contributed by atoms with Crippen LogP contribution in [0.15, 0.2) is 6.33 Å². The maximum Gasteiger partial charge on any atom is 0.137 e. The van der Waals surface area contributed by atoms with Crippen molar-refractivity contribution >= 4 is 17.4 Å². The van der Waals surface area contributed by atoms with Gasteiger partial charge in [-0.05, 0) is 18.8 Å². The lowest BCUT2D eigenvalue weighted by atomic mass is 10.0. The average molecular weight is 272 g/mol. The molecule has 1 atom stereocenters. The number of aromatic nitrogens is 2. The van der Waals surface area contributed by atoms with Crippen LogP contribution in [0.5, 0.6) is 0 Å². The number of aliphatic hydroxyl groups is 1. The molecule has 0 amide bonds. The number of hydrogen-bond donors (Lipinski definition) is 2. The highest BCUT2D eigenvalue weighted by atomic mass is 35.5. The van der Waals surface area contributed by atoms with E-state index in [0.29, 0.717) is 17.5 Å². The lowest BCUT2D eigenvalue weighted by Crippen LogP contribution is -2.28. The highest BCUT2D eigenvalue weighted by Gasteiger charge is 2.16. The van der Waals surface area contributed by atoms with Crippen molar-refractivity contribution in [1.82, 2.24) is 9.97 Å². The van der Waals surface area contributed by atoms with Gasteiger partial charge in [0.25, 0.3) is 0 Å². The van der Waals surface area contributed by atoms with Gasteiger partial charge in [0.15, 0.2) is 0 Å². The zero-order chi connectivity index (χ0) is 13.5. The monoisotopic (exact) mass is 271 g/mol. The maximum absolute atomic E-state index is 9.09. The Morgan fingerprint density at radius 1 is 1.39 bits per heavy atom. The third kappa shape index (κ3) is 4.10. The van der Waals surface area contributed by atoms with E-state index in [1.807, 2.05) is 0 Å². The molecule has 0 aliphatic rings. The van der Waals surface area contributed by atoms with Gasteiger partial charge < -0.3 is 10.4 Å². The summed E-state index contributed by atoms with van der Waals surface area (Å²) in [6.07, 6.45) is 4.02. The fourth-order valence-corrected chi connectivity index (χ4v) is 2.10. The summed E-state index contributed by atoms with van der Waals surface area (Å²) in [5.41, 5.74) is 0.963. The van der Waals surface area contributed by atoms with E-state index in [9.17, 15) is 0 Å². The summed E-state index contributed by atoms with van der Waals surface area (Å²) in [7, 11) is 0. The average Bonchev–Trinajstić information content (AvgIpc) is 2.32. The SMILES string of the molecule is CCCc1c(Cl)ncnc1NC(CCO)C(C)C. The van der Waals surface area contributed by atoms with Crippen LogP contribution < -0.4 is 5.32 Å². The van der Waals surface area contributed by atoms with E-state index in [1.165, 1.54) is 6.33 Å². The fourth-order valence-electron chi connectivity index (χ4n) is 1.87. The van der Waals surface area contributed by atoms with Gasteiger partial charge >= 0.3 is 0 Å². The highest BCUT2D eigenvalue weighted by molar-refractivity contribution is 6.30. The summed E-state index contributed by atoms with van der Waals surface area (Å²) < 4.78 is 0. The molecule has 102 valence electrons. The van der Waals surface area contributed by atoms with Crippen LogP contribution in [-0.4, -0.2) is 27.7 Å². The third-order valence-electron chi connectivity index (χ3n) is 2.96. The molecular formula is C13H22ClN3O. The third-order valence-corrected chi connectivity index (χ3v) is 3.29. The Morgan fingerprint density at radius 3 is 2.67 bits per heavy atom. The predicted molar refractivity (Wildman–Crippen MR) is 75.0 cm³/mol. The highest BCUT2D eigenvalue weighted by Crippen LogP contribution is 2.23. The first-order valence-electron chi connectivity index (χ1n) is 6.46. The minimum Gasteiger partial charge on any atom is -0.396 e. The molecule has 0 aromatic carbocycles. The van der Waals surface area contributed by atoms with Crippen molar-refractivity contribution in [2.24, 2.45) is 5.92 Å². The van der Waals surface area contributed by atoms with Crippen LogP contribution in [0, 0.1) is 5.92 Å². The molecule has 1 aromatic heterocycles. The summed E-state index contributed by atoms with van der Waals surface area (Å²) in [6.45, 7) is 6.50. The molecule has 18 heavy (non-hydrogen) atoms. The van der Waals surface area contributed by atoms with E-state index in [2.05, 4.69) is 36.1 Å². The van der Waals surface area contributed by atoms with Crippen LogP contribution in [0.3, 0.4) is 0 Å². The van der Waals surface area contributed by atoms with Gasteiger partial charge in [-0.25, -0.2) is 9.97 Å². The Kier molecular flexibility index (Phi) is 6.36. The number of hydrogen-bond acceptors (Lipinski definition) is 4. The van der Waals surface area contributed by atoms with Crippen LogP contribution in [0.1, 0.15) is 39.2 Å². The van der Waals surface area contributed by atoms with Gasteiger partial charge in [0, 0.05) is 18.2 Å². The van der Waals surface area contributed by atoms with Gasteiger partial charge in [-0.2, -0.15) is 0 Å². The van der Waals surface area contributed by atoms with Crippen LogP contribution in [-0.2, 0) is 6.42 Å². The first kappa shape index (κ1) is 15.2. The standard InChI is InChI=1S/C13H22ClN3O/c1-4-5-10-12(14)15-8-16-13(10)17-11(6-7-18)9(2)3/h8-9,11,18H,4-7H2,1-3H3,(H,15,16,17). The second kappa shape index (κ2) is 7.54. The number of anilines is 1. The van der Waals surface area contributed by atoms with Gasteiger partial charge in [-0.15, -0.1) is 0 Å². The second-order valence-electron chi connectivity index (χ2n) is 4.75. The number of nitrogens with one attached hydrogen (secondary N) is 1. The number of rotatable bonds is 7. The van der Waals surface area contributed by atoms with Gasteiger partial charge in [-0.3, -0.25) is 0 Å². The largest absolute Gasteiger partial charge is 0.396 e. The van der Waals surface area contributed by atoms with Crippen LogP contribution in [0.25, 0.3) is 0 Å². The van der Waals surface area contributed by atoms with E-state index >= 15 is 0 Å². The Hall–Kier alpha value is -0.870. The summed E-state index contributed by atoms with van der Waals surface area (Å²) in [5, 5.41) is 13.0. The van der Waals surface area contributed by atoms with Crippen LogP contribution >= 0.6 is 11.6 Å². The molecule has 0 saturated carbocycles. The molecule has 0 aliphatic heterocycles. The smallest absolute Gasteiger partial charge is 0.137 e. The van der Waals surface area contributed by atoms with Crippen molar-refractivity contribution in [3.63, 3.8) is 0 Å². The van der Waals surface area contributed by atoms with Crippen molar-refractivity contribution in [3.8, 4) is 0 Å². The Bertz CT molecular complexity index is 371. The van der Waals surface area contributed by atoms with E-state index in [-0.39, 0.29) is 12.6 Å². The van der Waals surface area contributed by atoms with Crippen molar-refractivity contribution < 1.29 is 5.11 Å². The van der Waals surface area contributed by atoms with Gasteiger partial charge in [0.2, 0.25) is 0 Å². The second-order valence-corrected chi connectivity index (χ2v) is 5.11. The van der Waals surface area contributed by atoms with Gasteiger partial charge in [0.05, 0.1) is 0 Å². The first-order chi connectivity index (χ1) is 8.60. The molecule has 0 aliphatic carbocycles. The van der Waals surface area contributed by atoms with E-state index < -0.39 is 0 Å². The summed E-state index contributed by atoms with van der Waals surface area (Å²) in [4.78, 5) is 8.30. The molecule has 0 fully saturated rings. The lowest BCUT2D eigenvalue weighted by Gasteiger charge is -2.23. The minimum absolute atomic E-state index is 0.164. The van der Waals surface area contributed by atoms with E-state index in [0.717, 1.165) is 24.2 Å². The van der Waals surface area contributed by atoms with Crippen molar-refractivity contribution in [1.29, 1.82) is 0 Å². The quantitative estimate of drug-likeness (QED) is 0.749. The number of halogens is 1. The normalized spacial score (nSPS) is 12.8. The van der Waals surface area contributed by atoms with Gasteiger partial charge in [-0.1, -0.05) is 38.8 Å². The zero-order valence-corrected chi connectivity index (χ0v) is 12.0. The number of aliphatic hydroxyl groups excluding tert-OH is 1. The molecule has 0 spiro atoms. The molecule has 1 aromatic rings. The molecule has 4 nitrogen and oxygen atoms in total. The molecule has 0 saturated heterocycles. The van der Waals surface area contributed by atoms with E-state index in [4.69, 9.17) is 16.7 Å². The summed E-state index contributed by atoms with van der Waals surface area (Å²) in [6, 6.07) is 0.191. The molecular weight excluding hydrogens is 250 g/mol. The Balaban J connectivity index is 2.90. The summed E-state index contributed by atoms with van der Waals surface area (Å²) in [5.74, 6) is 1.21. The van der Waals surface area contributed by atoms with Crippen molar-refractivity contribution in [3.05, 3.63) is 17.0 Å². The first-order valence-corrected chi connectivity index (χ1v) is 6.84. The zero-order valence-electron chi connectivity index (χ0n) is 11.3. The fraction of sp³-hybridized carbons (Fsp3) is 0.692. The minimum atomic E-state index is 0.164. The molecule has 1 unspecified atom stereocenters. The molecule has 5 heteroatoms. The molecule has 0 bridgehead atoms. The maximum atomic E-state index is 9.09. The van der Waals surface area contributed by atoms with Crippen LogP contribution in [0.2, 0.25) is 5.15 Å². The molecule has 1 heterocycles. The lowest BCUT2D eigenvalue weighted by molar-refractivity contribution is 0.267. The number of nitrogens with zero attached hydrogens (tertiary/aromatic N) is 2. The summed E-state index contributed by atoms with van der Waals surface area (Å²) >= 11 is 6.11. The van der Waals surface area contributed by atoms with E-state index in [1.54, 1.807) is 0 Å². The van der Waals surface area contributed by atoms with Crippen LogP contribution in [0.4, 0.5) is 5.82 Å². The Labute approximate surface area is 114 Å². The topological polar surface area (TPSA) is 58.0 Å². The molecule has 0 radical (unpaired) electrons.